The Balaban J connectivity index is 1.53. The minimum atomic E-state index is -0.607. The molecule has 0 aliphatic rings. The predicted octanol–water partition coefficient (Wildman–Crippen LogP) is 2.70. The summed E-state index contributed by atoms with van der Waals surface area (Å²) in [7, 11) is 0. The first-order valence-corrected chi connectivity index (χ1v) is 9.92. The normalized spacial score (nSPS) is 10.7. The van der Waals surface area contributed by atoms with Crippen LogP contribution in [0.1, 0.15) is 21.7 Å². The number of thiazole rings is 1. The lowest BCUT2D eigenvalue weighted by molar-refractivity contribution is 0.0940. The van der Waals surface area contributed by atoms with Crippen molar-refractivity contribution < 1.29 is 9.90 Å². The number of pyridine rings is 1. The van der Waals surface area contributed by atoms with E-state index in [1.165, 1.54) is 11.3 Å². The number of amides is 1. The number of aromatic hydroxyl groups is 1. The van der Waals surface area contributed by atoms with Crippen molar-refractivity contribution in [3.8, 4) is 22.0 Å². The largest absolute Gasteiger partial charge is 0.505 e. The van der Waals surface area contributed by atoms with Gasteiger partial charge >= 0.3 is 0 Å². The van der Waals surface area contributed by atoms with Crippen LogP contribution in [0.15, 0.2) is 65.0 Å². The van der Waals surface area contributed by atoms with Crippen molar-refractivity contribution in [1.82, 2.24) is 25.1 Å². The molecule has 0 bridgehead atoms. The second kappa shape index (κ2) is 8.26. The molecule has 1 aromatic carbocycles. The number of carbonyl (C=O) groups excluding carboxylic acids is 1. The Morgan fingerprint density at radius 1 is 1.23 bits per heavy atom. The van der Waals surface area contributed by atoms with Gasteiger partial charge in [0.25, 0.3) is 11.5 Å². The van der Waals surface area contributed by atoms with Crippen molar-refractivity contribution in [2.45, 2.75) is 13.5 Å². The predicted molar refractivity (Wildman–Crippen MR) is 113 cm³/mol. The summed E-state index contributed by atoms with van der Waals surface area (Å²) in [6.45, 7) is 2.04. The fourth-order valence-corrected chi connectivity index (χ4v) is 3.63. The zero-order valence-electron chi connectivity index (χ0n) is 15.9. The van der Waals surface area contributed by atoms with Crippen molar-refractivity contribution in [1.29, 1.82) is 0 Å². The maximum Gasteiger partial charge on any atom is 0.275 e. The van der Waals surface area contributed by atoms with Gasteiger partial charge in [-0.2, -0.15) is 9.78 Å². The van der Waals surface area contributed by atoms with Crippen LogP contribution >= 0.6 is 11.3 Å². The number of rotatable bonds is 5. The Hall–Kier alpha value is -3.85. The second-order valence-corrected chi connectivity index (χ2v) is 7.39. The Kier molecular flexibility index (Phi) is 5.36. The molecule has 0 atom stereocenters. The lowest BCUT2D eigenvalue weighted by atomic mass is 10.2. The molecule has 0 radical (unpaired) electrons. The first kappa shape index (κ1) is 19.5. The molecule has 3 aromatic heterocycles. The van der Waals surface area contributed by atoms with E-state index in [9.17, 15) is 14.7 Å². The lowest BCUT2D eigenvalue weighted by Crippen LogP contribution is -2.29. The van der Waals surface area contributed by atoms with Crippen LogP contribution < -0.4 is 10.9 Å². The summed E-state index contributed by atoms with van der Waals surface area (Å²) in [5.41, 5.74) is 2.24. The van der Waals surface area contributed by atoms with E-state index in [1.54, 1.807) is 30.6 Å². The molecule has 1 amide bonds. The number of carbonyl (C=O) groups is 1. The summed E-state index contributed by atoms with van der Waals surface area (Å²) in [6.07, 6.45) is 3.41. The van der Waals surface area contributed by atoms with Crippen LogP contribution in [-0.2, 0) is 6.54 Å². The van der Waals surface area contributed by atoms with Crippen LogP contribution in [0.25, 0.3) is 16.3 Å². The number of nitrogens with one attached hydrogen (secondary N) is 1. The standard InChI is InChI=1S/C21H17N5O3S/c1-13-4-2-6-16(8-13)26-18(28)9-17(27)19(25-26)20(29)23-11-15-12-30-21(24-15)14-5-3-7-22-10-14/h2-10,12,27H,11H2,1H3,(H,23,29). The molecule has 4 rings (SSSR count). The number of aromatic nitrogens is 4. The molecule has 0 spiro atoms. The minimum absolute atomic E-state index is 0.153. The van der Waals surface area contributed by atoms with Crippen molar-refractivity contribution >= 4 is 17.2 Å². The van der Waals surface area contributed by atoms with E-state index in [0.717, 1.165) is 26.9 Å². The van der Waals surface area contributed by atoms with E-state index in [2.05, 4.69) is 20.4 Å². The van der Waals surface area contributed by atoms with E-state index in [-0.39, 0.29) is 12.2 Å². The smallest absolute Gasteiger partial charge is 0.275 e. The van der Waals surface area contributed by atoms with Gasteiger partial charge in [0, 0.05) is 29.4 Å². The third-order valence-corrected chi connectivity index (χ3v) is 5.20. The van der Waals surface area contributed by atoms with Gasteiger partial charge in [0.15, 0.2) is 11.4 Å². The highest BCUT2D eigenvalue weighted by molar-refractivity contribution is 7.13. The minimum Gasteiger partial charge on any atom is -0.505 e. The Bertz CT molecular complexity index is 1270. The highest BCUT2D eigenvalue weighted by Gasteiger charge is 2.17. The molecule has 0 saturated carbocycles. The van der Waals surface area contributed by atoms with Crippen molar-refractivity contribution in [3.63, 3.8) is 0 Å². The maximum absolute atomic E-state index is 12.6. The third-order valence-electron chi connectivity index (χ3n) is 4.26. The van der Waals surface area contributed by atoms with Crippen LogP contribution in [0.2, 0.25) is 0 Å². The van der Waals surface area contributed by atoms with Gasteiger partial charge in [0.1, 0.15) is 5.01 Å². The summed E-state index contributed by atoms with van der Waals surface area (Å²) in [6, 6.07) is 11.9. The zero-order chi connectivity index (χ0) is 21.1. The fourth-order valence-electron chi connectivity index (χ4n) is 2.82. The van der Waals surface area contributed by atoms with Crippen LogP contribution in [0, 0.1) is 6.92 Å². The molecule has 0 aliphatic heterocycles. The van der Waals surface area contributed by atoms with Gasteiger partial charge in [-0.05, 0) is 36.8 Å². The second-order valence-electron chi connectivity index (χ2n) is 6.54. The van der Waals surface area contributed by atoms with E-state index in [4.69, 9.17) is 0 Å². The summed E-state index contributed by atoms with van der Waals surface area (Å²) in [5.74, 6) is -1.08. The van der Waals surface area contributed by atoms with Crippen LogP contribution in [0.4, 0.5) is 0 Å². The Morgan fingerprint density at radius 3 is 2.87 bits per heavy atom. The molecular weight excluding hydrogens is 402 g/mol. The number of hydrogen-bond donors (Lipinski definition) is 2. The zero-order valence-corrected chi connectivity index (χ0v) is 16.8. The van der Waals surface area contributed by atoms with Gasteiger partial charge in [-0.25, -0.2) is 4.98 Å². The summed E-state index contributed by atoms with van der Waals surface area (Å²) < 4.78 is 1.09. The average Bonchev–Trinajstić information content (AvgIpc) is 3.22. The summed E-state index contributed by atoms with van der Waals surface area (Å²) in [5, 5.41) is 19.5. The molecule has 8 nitrogen and oxygen atoms in total. The van der Waals surface area contributed by atoms with Crippen molar-refractivity contribution in [2.24, 2.45) is 0 Å². The highest BCUT2D eigenvalue weighted by Crippen LogP contribution is 2.22. The molecular formula is C21H17N5O3S. The maximum atomic E-state index is 12.6. The fraction of sp³-hybridized carbons (Fsp3) is 0.0952. The lowest BCUT2D eigenvalue weighted by Gasteiger charge is -2.09. The molecule has 4 aromatic rings. The van der Waals surface area contributed by atoms with Crippen LogP contribution in [0.3, 0.4) is 0 Å². The molecule has 2 N–H and O–H groups in total. The molecule has 3 heterocycles. The SMILES string of the molecule is Cc1cccc(-n2nc(C(=O)NCc3csc(-c4cccnc4)n3)c(O)cc2=O)c1. The van der Waals surface area contributed by atoms with E-state index in [0.29, 0.717) is 11.4 Å². The average molecular weight is 419 g/mol. The first-order valence-electron chi connectivity index (χ1n) is 9.04. The van der Waals surface area contributed by atoms with Gasteiger partial charge in [0.05, 0.1) is 17.9 Å². The van der Waals surface area contributed by atoms with Gasteiger partial charge in [-0.15, -0.1) is 11.3 Å². The molecule has 0 fully saturated rings. The quantitative estimate of drug-likeness (QED) is 0.515. The number of hydrogen-bond acceptors (Lipinski definition) is 7. The Labute approximate surface area is 175 Å². The Morgan fingerprint density at radius 2 is 2.10 bits per heavy atom. The van der Waals surface area contributed by atoms with E-state index < -0.39 is 17.2 Å². The van der Waals surface area contributed by atoms with E-state index >= 15 is 0 Å². The number of nitrogens with zero attached hydrogens (tertiary/aromatic N) is 4. The van der Waals surface area contributed by atoms with Gasteiger partial charge < -0.3 is 10.4 Å². The molecule has 150 valence electrons. The van der Waals surface area contributed by atoms with Gasteiger partial charge in [0.2, 0.25) is 0 Å². The highest BCUT2D eigenvalue weighted by atomic mass is 32.1. The first-order chi connectivity index (χ1) is 14.5. The molecule has 0 aliphatic carbocycles. The van der Waals surface area contributed by atoms with Crippen LogP contribution in [-0.4, -0.2) is 30.8 Å². The van der Waals surface area contributed by atoms with Crippen molar-refractivity contribution in [3.05, 3.63) is 87.5 Å². The monoisotopic (exact) mass is 419 g/mol. The summed E-state index contributed by atoms with van der Waals surface area (Å²) in [4.78, 5) is 33.4. The van der Waals surface area contributed by atoms with Crippen molar-refractivity contribution in [2.75, 3.05) is 0 Å². The third kappa shape index (κ3) is 4.11. The summed E-state index contributed by atoms with van der Waals surface area (Å²) >= 11 is 1.44. The number of aryl methyl sites for hydroxylation is 1. The molecule has 30 heavy (non-hydrogen) atoms. The van der Waals surface area contributed by atoms with Gasteiger partial charge in [-0.1, -0.05) is 12.1 Å². The topological polar surface area (TPSA) is 110 Å². The molecule has 0 unspecified atom stereocenters. The number of benzene rings is 1. The molecule has 9 heteroatoms. The van der Waals surface area contributed by atoms with Gasteiger partial charge in [-0.3, -0.25) is 14.6 Å². The van der Waals surface area contributed by atoms with Crippen LogP contribution in [0.5, 0.6) is 5.75 Å². The van der Waals surface area contributed by atoms with E-state index in [1.807, 2.05) is 30.5 Å². The molecule has 0 saturated heterocycles.